The third-order valence-electron chi connectivity index (χ3n) is 19.4. The number of methoxy groups -OCH3 is 3. The summed E-state index contributed by atoms with van der Waals surface area (Å²) in [5.74, 6) is -4.69. The van der Waals surface area contributed by atoms with Crippen molar-refractivity contribution in [1.82, 2.24) is 45.9 Å². The molecule has 0 saturated heterocycles. The van der Waals surface area contributed by atoms with Crippen molar-refractivity contribution in [2.45, 2.75) is 89.2 Å². The van der Waals surface area contributed by atoms with Gasteiger partial charge in [0.25, 0.3) is 17.7 Å². The maximum Gasteiger partial charge on any atom is 0.490 e. The number of nitrogens with one attached hydrogen (secondary N) is 9. The van der Waals surface area contributed by atoms with Gasteiger partial charge in [-0.2, -0.15) is 13.2 Å². The Morgan fingerprint density at radius 2 is 0.636 bits per heavy atom. The summed E-state index contributed by atoms with van der Waals surface area (Å²) in [6.07, 6.45) is 2.69. The largest absolute Gasteiger partial charge is 0.497 e. The van der Waals surface area contributed by atoms with Gasteiger partial charge in [-0.15, -0.1) is 0 Å². The molecule has 0 radical (unpaired) electrons. The lowest BCUT2D eigenvalue weighted by molar-refractivity contribution is -0.209. The summed E-state index contributed by atoms with van der Waals surface area (Å²) in [4.78, 5) is 124. The number of benzene rings is 6. The van der Waals surface area contributed by atoms with Crippen LogP contribution in [0.4, 0.5) is 30.2 Å². The van der Waals surface area contributed by atoms with E-state index in [1.165, 1.54) is 152 Å². The van der Waals surface area contributed by atoms with Crippen LogP contribution in [0.3, 0.4) is 0 Å². The first kappa shape index (κ1) is 73.6. The fourth-order valence-corrected chi connectivity index (χ4v) is 13.4. The molecule has 107 heavy (non-hydrogen) atoms. The Hall–Kier alpha value is -13.1. The Morgan fingerprint density at radius 3 is 0.879 bits per heavy atom. The molecule has 6 heterocycles. The number of anilines is 3. The Bertz CT molecular complexity index is 4860. The van der Waals surface area contributed by atoms with Gasteiger partial charge in [0.2, 0.25) is 17.7 Å². The number of carbonyl (C=O) groups is 7. The normalized spacial score (nSPS) is 13.3. The minimum Gasteiger partial charge on any atom is -0.497 e. The minimum atomic E-state index is -5.61. The van der Waals surface area contributed by atoms with E-state index in [4.69, 9.17) is 18.9 Å². The van der Waals surface area contributed by atoms with Crippen molar-refractivity contribution in [2.75, 3.05) is 37.3 Å². The van der Waals surface area contributed by atoms with E-state index in [0.717, 1.165) is 49.8 Å². The molecule has 0 aliphatic carbocycles. The number of halogens is 3. The van der Waals surface area contributed by atoms with Crippen molar-refractivity contribution < 1.29 is 65.7 Å². The van der Waals surface area contributed by atoms with E-state index in [1.807, 2.05) is 39.0 Å². The SMILES string of the molecule is COc1ccc2[nH]c(C)c(CC(=O)N[C@](C)(C(=O)Nc3ccc(C(OC(=O)C(F)(F)F)(c4ccc(NC(=O)[C@@](C)(NC(=O)Cc5c(C)[nH]c6ccc(OC)cc56)c5ccncc5)cc4)c4ccc(NC(=O)[C@@](C)(NC(=O)Cc5c(C)[nH]c6ccc(OC)cc56)c5ccncc5)cc4)cc3)c3ccncc3)c2c1. The first-order chi connectivity index (χ1) is 51.1. The van der Waals surface area contributed by atoms with Crippen molar-refractivity contribution in [2.24, 2.45) is 0 Å². The monoisotopic (exact) mass is 1450 g/mol. The summed E-state index contributed by atoms with van der Waals surface area (Å²) in [6, 6.07) is 42.0. The number of aromatic nitrogens is 6. The van der Waals surface area contributed by atoms with E-state index >= 15 is 13.2 Å². The molecule has 0 aliphatic heterocycles. The van der Waals surface area contributed by atoms with Crippen LogP contribution in [-0.4, -0.2) is 98.8 Å². The van der Waals surface area contributed by atoms with Crippen molar-refractivity contribution in [3.63, 3.8) is 0 Å². The van der Waals surface area contributed by atoms with E-state index in [0.29, 0.717) is 50.6 Å². The summed E-state index contributed by atoms with van der Waals surface area (Å²) in [7, 11) is 4.60. The molecule has 0 unspecified atom stereocenters. The lowest BCUT2D eigenvalue weighted by Gasteiger charge is -2.36. The number of ether oxygens (including phenoxy) is 4. The number of fused-ring (bicyclic) bond motifs is 3. The third kappa shape index (κ3) is 15.0. The molecular weight excluding hydrogens is 1370 g/mol. The summed E-state index contributed by atoms with van der Waals surface area (Å²) in [6.45, 7) is 10.0. The van der Waals surface area contributed by atoms with Crippen LogP contribution >= 0.6 is 0 Å². The smallest absolute Gasteiger partial charge is 0.490 e. The number of aryl methyl sites for hydroxylation is 3. The molecule has 6 aromatic heterocycles. The molecule has 26 heteroatoms. The number of pyridine rings is 3. The first-order valence-corrected chi connectivity index (χ1v) is 33.8. The highest BCUT2D eigenvalue weighted by atomic mass is 19.4. The quantitative estimate of drug-likeness (QED) is 0.0190. The van der Waals surface area contributed by atoms with Crippen molar-refractivity contribution in [3.8, 4) is 17.2 Å². The zero-order valence-electron chi connectivity index (χ0n) is 59.6. The maximum atomic E-state index is 15.1. The van der Waals surface area contributed by atoms with Gasteiger partial charge >= 0.3 is 12.1 Å². The fourth-order valence-electron chi connectivity index (χ4n) is 13.4. The van der Waals surface area contributed by atoms with Crippen molar-refractivity contribution in [1.29, 1.82) is 0 Å². The van der Waals surface area contributed by atoms with Gasteiger partial charge in [-0.1, -0.05) is 36.4 Å². The van der Waals surface area contributed by atoms with Gasteiger partial charge in [0.05, 0.1) is 40.6 Å². The van der Waals surface area contributed by atoms with Gasteiger partial charge in [0.1, 0.15) is 33.9 Å². The van der Waals surface area contributed by atoms with Gasteiger partial charge in [-0.05, 0) is 202 Å². The van der Waals surface area contributed by atoms with Gasteiger partial charge in [-0.25, -0.2) is 4.79 Å². The molecular formula is C81H75F3N12O11. The Balaban J connectivity index is 0.892. The number of esters is 1. The van der Waals surface area contributed by atoms with Gasteiger partial charge in [-0.3, -0.25) is 43.7 Å². The van der Waals surface area contributed by atoms with E-state index in [9.17, 15) is 33.6 Å². The molecule has 0 spiro atoms. The molecule has 9 N–H and O–H groups in total. The standard InChI is InChI=1S/C81H75F3N12O11/c1-46-61(64-40-58(104-7)22-25-67(64)88-46)43-70(97)94-77(4,49-28-34-85-35-29-49)73(100)91-55-16-10-52(11-17-55)80(107-76(103)81(82,83)84,53-12-18-56(19-13-53)92-74(101)78(5,50-30-36-86-37-31-50)95-71(98)44-62-47(2)89-68-26-23-59(105-8)41-65(62)68)54-14-20-57(21-15-54)93-75(102)79(6,51-32-38-87-39-33-51)96-72(99)45-63-48(3)90-69-27-24-60(106-9)42-66(63)69/h10-42,88-90H,43-45H2,1-9H3,(H,91,100)(H,92,101)(H,93,102)(H,94,97)(H,95,98)(H,96,99)/t77-,78-,79-/m0/s1. The number of aromatic amines is 3. The molecule has 0 bridgehead atoms. The van der Waals surface area contributed by atoms with Crippen molar-refractivity contribution >= 4 is 91.2 Å². The summed E-state index contributed by atoms with van der Waals surface area (Å²) < 4.78 is 67.6. The predicted molar refractivity (Wildman–Crippen MR) is 396 cm³/mol. The maximum absolute atomic E-state index is 15.1. The summed E-state index contributed by atoms with van der Waals surface area (Å²) >= 11 is 0. The first-order valence-electron chi connectivity index (χ1n) is 33.8. The van der Waals surface area contributed by atoms with Gasteiger partial charge in [0, 0.05) is 121 Å². The summed E-state index contributed by atoms with van der Waals surface area (Å²) in [5.41, 5.74) is -0.477. The number of alkyl halides is 3. The van der Waals surface area contributed by atoms with Crippen LogP contribution in [0.25, 0.3) is 32.7 Å². The average molecular weight is 1450 g/mol. The van der Waals surface area contributed by atoms with Crippen LogP contribution < -0.4 is 46.1 Å². The fraction of sp³-hybridized carbons (Fsp3) is 0.210. The second-order valence-electron chi connectivity index (χ2n) is 26.3. The van der Waals surface area contributed by atoms with Crippen LogP contribution in [0.15, 0.2) is 201 Å². The molecule has 0 saturated carbocycles. The van der Waals surface area contributed by atoms with Crippen molar-refractivity contribution in [3.05, 3.63) is 268 Å². The number of hydrogen-bond donors (Lipinski definition) is 9. The highest BCUT2D eigenvalue weighted by molar-refractivity contribution is 6.04. The molecule has 6 aromatic carbocycles. The Labute approximate surface area is 611 Å². The van der Waals surface area contributed by atoms with E-state index in [-0.39, 0.29) is 53.0 Å². The van der Waals surface area contributed by atoms with Crippen LogP contribution in [0.2, 0.25) is 0 Å². The molecule has 3 atom stereocenters. The zero-order valence-corrected chi connectivity index (χ0v) is 59.6. The second-order valence-corrected chi connectivity index (χ2v) is 26.3. The Morgan fingerprint density at radius 1 is 0.374 bits per heavy atom. The van der Waals surface area contributed by atoms with Crippen LogP contribution in [-0.2, 0) is 79.8 Å². The highest BCUT2D eigenvalue weighted by Gasteiger charge is 2.50. The number of rotatable bonds is 25. The summed E-state index contributed by atoms with van der Waals surface area (Å²) in [5, 5.41) is 19.6. The molecule has 0 aliphatic rings. The zero-order chi connectivity index (χ0) is 76.2. The van der Waals surface area contributed by atoms with E-state index in [2.05, 4.69) is 61.8 Å². The van der Waals surface area contributed by atoms with Gasteiger partial charge in [0.15, 0.2) is 5.60 Å². The molecule has 12 aromatic rings. The number of nitrogens with zero attached hydrogens (tertiary/aromatic N) is 3. The van der Waals surface area contributed by atoms with Gasteiger partial charge < -0.3 is 65.8 Å². The van der Waals surface area contributed by atoms with E-state index in [1.54, 1.807) is 72.8 Å². The molecule has 0 fully saturated rings. The molecule has 12 rings (SSSR count). The second kappa shape index (κ2) is 29.9. The van der Waals surface area contributed by atoms with E-state index < -0.39 is 69.8 Å². The molecule has 6 amide bonds. The number of hydrogen-bond acceptors (Lipinski definition) is 14. The molecule has 546 valence electrons. The lowest BCUT2D eigenvalue weighted by atomic mass is 9.79. The lowest BCUT2D eigenvalue weighted by Crippen LogP contribution is -2.52. The number of H-pyrrole nitrogens is 3. The predicted octanol–water partition coefficient (Wildman–Crippen LogP) is 12.3. The van der Waals surface area contributed by atoms with Crippen LogP contribution in [0.5, 0.6) is 17.2 Å². The number of amides is 6. The third-order valence-corrected chi connectivity index (χ3v) is 19.4. The highest BCUT2D eigenvalue weighted by Crippen LogP contribution is 2.44. The van der Waals surface area contributed by atoms with Crippen LogP contribution in [0.1, 0.15) is 87.9 Å². The minimum absolute atomic E-state index is 0.0855. The average Bonchev–Trinajstić information content (AvgIpc) is 1.62. The van der Waals surface area contributed by atoms with Crippen LogP contribution in [0, 0.1) is 20.8 Å². The molecule has 23 nitrogen and oxygen atoms in total. The number of carbonyl (C=O) groups excluding carboxylic acids is 7. The Kier molecular flexibility index (Phi) is 20.6. The topological polar surface area (TPSA) is 315 Å².